The molecule has 4 rings (SSSR count). The molecule has 0 spiro atoms. The Morgan fingerprint density at radius 1 is 0.962 bits per heavy atom. The van der Waals surface area contributed by atoms with Crippen molar-refractivity contribution in [1.82, 2.24) is 0 Å². The van der Waals surface area contributed by atoms with Crippen LogP contribution in [0.15, 0.2) is 45.3 Å². The lowest BCUT2D eigenvalue weighted by Gasteiger charge is -2.03. The van der Waals surface area contributed by atoms with E-state index in [1.54, 1.807) is 6.07 Å². The van der Waals surface area contributed by atoms with Crippen molar-refractivity contribution in [1.29, 1.82) is 0 Å². The van der Waals surface area contributed by atoms with Crippen LogP contribution in [0.4, 0.5) is 0 Å². The van der Waals surface area contributed by atoms with Crippen LogP contribution in [0.2, 0.25) is 0 Å². The van der Waals surface area contributed by atoms with Crippen LogP contribution >= 0.6 is 31.9 Å². The Bertz CT molecular complexity index is 905. The summed E-state index contributed by atoms with van der Waals surface area (Å²) in [6.07, 6.45) is 2.06. The van der Waals surface area contributed by atoms with Crippen LogP contribution < -0.4 is 0 Å². The van der Waals surface area contributed by atoms with Crippen molar-refractivity contribution in [2.45, 2.75) is 19.3 Å². The lowest BCUT2D eigenvalue weighted by Crippen LogP contribution is -2.21. The van der Waals surface area contributed by atoms with Gasteiger partial charge in [0.25, 0.3) is 0 Å². The average Bonchev–Trinajstić information content (AvgIpc) is 3.16. The monoisotopic (exact) mass is 478 g/mol. The van der Waals surface area contributed by atoms with Gasteiger partial charge in [0.15, 0.2) is 11.6 Å². The number of ether oxygens (including phenoxy) is 1. The van der Waals surface area contributed by atoms with E-state index >= 15 is 0 Å². The summed E-state index contributed by atoms with van der Waals surface area (Å²) < 4.78 is 6.43. The number of rotatable bonds is 1. The SMILES string of the molecule is COC(=O)C1Cc2ccc(Br)cc2C1=O.O=C1CCc2ccc(Br)cc21. The van der Waals surface area contributed by atoms with E-state index in [9.17, 15) is 14.4 Å². The number of methoxy groups -OCH3 is 1. The normalized spacial score (nSPS) is 17.3. The smallest absolute Gasteiger partial charge is 0.316 e. The maximum absolute atomic E-state index is 11.8. The second-order valence-electron chi connectivity index (χ2n) is 6.17. The van der Waals surface area contributed by atoms with Gasteiger partial charge in [-0.05, 0) is 48.2 Å². The molecule has 0 saturated carbocycles. The molecule has 134 valence electrons. The second-order valence-corrected chi connectivity index (χ2v) is 8.00. The molecular formula is C20H16Br2O4. The van der Waals surface area contributed by atoms with Crippen LogP contribution in [0.1, 0.15) is 38.3 Å². The van der Waals surface area contributed by atoms with Crippen LogP contribution in [0.25, 0.3) is 0 Å². The summed E-state index contributed by atoms with van der Waals surface area (Å²) >= 11 is 6.64. The molecule has 2 aliphatic carbocycles. The third-order valence-corrected chi connectivity index (χ3v) is 5.54. The summed E-state index contributed by atoms with van der Waals surface area (Å²) in [5.41, 5.74) is 3.64. The Morgan fingerprint density at radius 2 is 1.58 bits per heavy atom. The number of halogens is 2. The summed E-state index contributed by atoms with van der Waals surface area (Å²) in [5, 5.41) is 0. The maximum Gasteiger partial charge on any atom is 0.316 e. The fraction of sp³-hybridized carbons (Fsp3) is 0.250. The van der Waals surface area contributed by atoms with Crippen LogP contribution in [-0.4, -0.2) is 24.6 Å². The van der Waals surface area contributed by atoms with Crippen molar-refractivity contribution in [3.63, 3.8) is 0 Å². The molecule has 0 fully saturated rings. The van der Waals surface area contributed by atoms with E-state index in [0.29, 0.717) is 18.4 Å². The largest absolute Gasteiger partial charge is 0.468 e. The highest BCUT2D eigenvalue weighted by Crippen LogP contribution is 2.29. The zero-order valence-electron chi connectivity index (χ0n) is 14.1. The minimum Gasteiger partial charge on any atom is -0.468 e. The Labute approximate surface area is 168 Å². The van der Waals surface area contributed by atoms with Crippen molar-refractivity contribution in [2.24, 2.45) is 5.92 Å². The summed E-state index contributed by atoms with van der Waals surface area (Å²) in [5.74, 6) is -0.967. The minimum absolute atomic E-state index is 0.141. The first-order valence-electron chi connectivity index (χ1n) is 8.13. The van der Waals surface area contributed by atoms with Gasteiger partial charge in [0.2, 0.25) is 0 Å². The molecule has 0 aliphatic heterocycles. The maximum atomic E-state index is 11.8. The molecule has 0 aromatic heterocycles. The fourth-order valence-electron chi connectivity index (χ4n) is 3.20. The number of carbonyl (C=O) groups excluding carboxylic acids is 3. The number of esters is 1. The number of carbonyl (C=O) groups is 3. The first-order valence-corrected chi connectivity index (χ1v) is 9.71. The van der Waals surface area contributed by atoms with E-state index in [4.69, 9.17) is 0 Å². The molecule has 0 saturated heterocycles. The first kappa shape index (κ1) is 19.0. The van der Waals surface area contributed by atoms with E-state index in [1.165, 1.54) is 12.7 Å². The van der Waals surface area contributed by atoms with Crippen molar-refractivity contribution in [3.05, 3.63) is 67.6 Å². The molecule has 2 aliphatic rings. The standard InChI is InChI=1S/C11H9BrO3.C9H7BrO/c1-15-11(14)9-4-6-2-3-7(12)5-8(6)10(9)13;10-7-3-1-6-2-4-9(11)8(6)5-7/h2-3,5,9H,4H2,1H3;1,3,5H,2,4H2. The summed E-state index contributed by atoms with van der Waals surface area (Å²) in [4.78, 5) is 34.3. The molecule has 2 aromatic carbocycles. The lowest BCUT2D eigenvalue weighted by molar-refractivity contribution is -0.143. The van der Waals surface area contributed by atoms with E-state index in [0.717, 1.165) is 26.5 Å². The van der Waals surface area contributed by atoms with Crippen LogP contribution in [0.5, 0.6) is 0 Å². The molecular weight excluding hydrogens is 464 g/mol. The summed E-state index contributed by atoms with van der Waals surface area (Å²) in [6, 6.07) is 11.4. The number of Topliss-reactive ketones (excluding diaryl/α,β-unsaturated/α-hetero) is 2. The van der Waals surface area contributed by atoms with Gasteiger partial charge >= 0.3 is 5.97 Å². The van der Waals surface area contributed by atoms with Gasteiger partial charge in [-0.25, -0.2) is 0 Å². The minimum atomic E-state index is -0.653. The van der Waals surface area contributed by atoms with E-state index in [-0.39, 0.29) is 11.6 Å². The molecule has 0 bridgehead atoms. The molecule has 0 amide bonds. The van der Waals surface area contributed by atoms with Crippen molar-refractivity contribution in [2.75, 3.05) is 7.11 Å². The zero-order chi connectivity index (χ0) is 18.8. The molecule has 0 heterocycles. The van der Waals surface area contributed by atoms with Crippen molar-refractivity contribution < 1.29 is 19.1 Å². The number of hydrogen-bond acceptors (Lipinski definition) is 4. The topological polar surface area (TPSA) is 60.4 Å². The Morgan fingerprint density at radius 3 is 2.23 bits per heavy atom. The molecule has 26 heavy (non-hydrogen) atoms. The number of fused-ring (bicyclic) bond motifs is 2. The van der Waals surface area contributed by atoms with Gasteiger partial charge < -0.3 is 4.74 Å². The van der Waals surface area contributed by atoms with Crippen molar-refractivity contribution in [3.8, 4) is 0 Å². The van der Waals surface area contributed by atoms with Gasteiger partial charge in [0.05, 0.1) is 7.11 Å². The van der Waals surface area contributed by atoms with Gasteiger partial charge in [-0.3, -0.25) is 14.4 Å². The van der Waals surface area contributed by atoms with Crippen molar-refractivity contribution >= 4 is 49.4 Å². The highest BCUT2D eigenvalue weighted by molar-refractivity contribution is 9.10. The number of ketones is 2. The van der Waals surface area contributed by atoms with E-state index in [2.05, 4.69) is 36.6 Å². The molecule has 0 N–H and O–H groups in total. The molecule has 0 radical (unpaired) electrons. The highest BCUT2D eigenvalue weighted by Gasteiger charge is 2.36. The second kappa shape index (κ2) is 7.84. The Kier molecular flexibility index (Phi) is 5.73. The molecule has 1 atom stereocenters. The average molecular weight is 480 g/mol. The lowest BCUT2D eigenvalue weighted by atomic mass is 10.1. The zero-order valence-corrected chi connectivity index (χ0v) is 17.2. The summed E-state index contributed by atoms with van der Waals surface area (Å²) in [6.45, 7) is 0. The van der Waals surface area contributed by atoms with Gasteiger partial charge in [-0.2, -0.15) is 0 Å². The number of aryl methyl sites for hydroxylation is 1. The first-order chi connectivity index (χ1) is 12.4. The van der Waals surface area contributed by atoms with Gasteiger partial charge in [-0.15, -0.1) is 0 Å². The Hall–Kier alpha value is -1.79. The van der Waals surface area contributed by atoms with Crippen LogP contribution in [0.3, 0.4) is 0 Å². The molecule has 1 unspecified atom stereocenters. The number of benzene rings is 2. The fourth-order valence-corrected chi connectivity index (χ4v) is 3.92. The molecule has 2 aromatic rings. The summed E-state index contributed by atoms with van der Waals surface area (Å²) in [7, 11) is 1.30. The van der Waals surface area contributed by atoms with E-state index in [1.807, 2.05) is 30.3 Å². The third-order valence-electron chi connectivity index (χ3n) is 4.56. The van der Waals surface area contributed by atoms with Crippen LogP contribution in [-0.2, 0) is 22.4 Å². The van der Waals surface area contributed by atoms with Gasteiger partial charge in [0, 0.05) is 26.5 Å². The Balaban J connectivity index is 0.000000158. The molecule has 4 nitrogen and oxygen atoms in total. The third kappa shape index (κ3) is 3.81. The van der Waals surface area contributed by atoms with E-state index < -0.39 is 11.9 Å². The molecule has 6 heteroatoms. The predicted molar refractivity (Wildman–Crippen MR) is 104 cm³/mol. The number of hydrogen-bond donors (Lipinski definition) is 0. The van der Waals surface area contributed by atoms with Gasteiger partial charge in [-0.1, -0.05) is 44.0 Å². The highest BCUT2D eigenvalue weighted by atomic mass is 79.9. The van der Waals surface area contributed by atoms with Crippen LogP contribution in [0, 0.1) is 5.92 Å². The van der Waals surface area contributed by atoms with Gasteiger partial charge in [0.1, 0.15) is 5.92 Å². The predicted octanol–water partition coefficient (Wildman–Crippen LogP) is 4.56. The quantitative estimate of drug-likeness (QED) is 0.444.